The second kappa shape index (κ2) is 5.83. The van der Waals surface area contributed by atoms with Crippen LogP contribution in [0, 0.1) is 6.92 Å². The number of likely N-dealkylation sites (tertiary alicyclic amines) is 1. The van der Waals surface area contributed by atoms with Crippen LogP contribution in [0.5, 0.6) is 0 Å². The molecule has 3 nitrogen and oxygen atoms in total. The number of hydrogen-bond donors (Lipinski definition) is 1. The van der Waals surface area contributed by atoms with Gasteiger partial charge in [-0.05, 0) is 60.9 Å². The Morgan fingerprint density at radius 2 is 2.35 bits per heavy atom. The molecule has 0 spiro atoms. The molecular weight excluding hydrogens is 278 g/mol. The van der Waals surface area contributed by atoms with E-state index >= 15 is 0 Å². The number of likely N-dealkylation sites (N-methyl/N-ethyl adjacent to an activating group) is 1. The maximum atomic E-state index is 4.54. The van der Waals surface area contributed by atoms with Crippen molar-refractivity contribution in [2.75, 3.05) is 25.0 Å². The van der Waals surface area contributed by atoms with Gasteiger partial charge in [0.2, 0.25) is 0 Å². The summed E-state index contributed by atoms with van der Waals surface area (Å²) >= 11 is 3.48. The van der Waals surface area contributed by atoms with Gasteiger partial charge in [0.1, 0.15) is 5.82 Å². The molecule has 0 amide bonds. The molecular formula is C13H20BrN3. The van der Waals surface area contributed by atoms with Gasteiger partial charge in [-0.25, -0.2) is 4.98 Å². The Morgan fingerprint density at radius 1 is 1.53 bits per heavy atom. The van der Waals surface area contributed by atoms with Crippen LogP contribution in [0.1, 0.15) is 25.5 Å². The number of aryl methyl sites for hydroxylation is 1. The van der Waals surface area contributed by atoms with E-state index in [4.69, 9.17) is 0 Å². The number of piperidine rings is 1. The number of nitrogens with one attached hydrogen (secondary N) is 1. The number of nitrogens with zero attached hydrogens (tertiary/aromatic N) is 2. The molecule has 0 radical (unpaired) electrons. The van der Waals surface area contributed by atoms with E-state index in [0.29, 0.717) is 6.04 Å². The molecule has 0 aliphatic carbocycles. The van der Waals surface area contributed by atoms with Crippen LogP contribution >= 0.6 is 15.9 Å². The van der Waals surface area contributed by atoms with Gasteiger partial charge in [-0.3, -0.25) is 0 Å². The highest BCUT2D eigenvalue weighted by molar-refractivity contribution is 9.10. The molecule has 1 aromatic heterocycles. The van der Waals surface area contributed by atoms with Crippen molar-refractivity contribution in [3.8, 4) is 0 Å². The second-order valence-corrected chi connectivity index (χ2v) is 5.49. The Bertz CT molecular complexity index is 381. The number of rotatable bonds is 3. The van der Waals surface area contributed by atoms with Gasteiger partial charge in [0.25, 0.3) is 0 Å². The maximum absolute atomic E-state index is 4.54. The van der Waals surface area contributed by atoms with Gasteiger partial charge < -0.3 is 10.2 Å². The quantitative estimate of drug-likeness (QED) is 0.929. The van der Waals surface area contributed by atoms with Gasteiger partial charge >= 0.3 is 0 Å². The molecule has 1 N–H and O–H groups in total. The zero-order valence-electron chi connectivity index (χ0n) is 10.5. The Hall–Kier alpha value is -0.610. The largest absolute Gasteiger partial charge is 0.366 e. The fraction of sp³-hybridized carbons (Fsp3) is 0.615. The van der Waals surface area contributed by atoms with Crippen LogP contribution in [0.2, 0.25) is 0 Å². The molecule has 2 heterocycles. The van der Waals surface area contributed by atoms with E-state index in [1.54, 1.807) is 0 Å². The van der Waals surface area contributed by atoms with Gasteiger partial charge in [-0.2, -0.15) is 0 Å². The highest BCUT2D eigenvalue weighted by Crippen LogP contribution is 2.19. The average Bonchev–Trinajstić information content (AvgIpc) is 2.34. The summed E-state index contributed by atoms with van der Waals surface area (Å²) in [4.78, 5) is 7.03. The third-order valence-electron chi connectivity index (χ3n) is 3.33. The van der Waals surface area contributed by atoms with E-state index in [9.17, 15) is 0 Å². The van der Waals surface area contributed by atoms with Crippen molar-refractivity contribution in [1.29, 1.82) is 0 Å². The van der Waals surface area contributed by atoms with E-state index in [-0.39, 0.29) is 0 Å². The zero-order chi connectivity index (χ0) is 12.3. The molecule has 1 unspecified atom stereocenters. The van der Waals surface area contributed by atoms with Crippen LogP contribution in [-0.2, 0) is 0 Å². The van der Waals surface area contributed by atoms with Crippen molar-refractivity contribution < 1.29 is 0 Å². The van der Waals surface area contributed by atoms with Gasteiger partial charge in [-0.15, -0.1) is 0 Å². The third-order valence-corrected chi connectivity index (χ3v) is 4.16. The molecule has 1 aliphatic heterocycles. The molecule has 1 fully saturated rings. The lowest BCUT2D eigenvalue weighted by molar-refractivity contribution is 0.226. The first-order valence-electron chi connectivity index (χ1n) is 6.31. The molecule has 1 saturated heterocycles. The summed E-state index contributed by atoms with van der Waals surface area (Å²) in [7, 11) is 0. The minimum atomic E-state index is 0.539. The Balaban J connectivity index is 1.97. The highest BCUT2D eigenvalue weighted by atomic mass is 79.9. The first kappa shape index (κ1) is 12.8. The van der Waals surface area contributed by atoms with Crippen molar-refractivity contribution in [1.82, 2.24) is 9.88 Å². The molecule has 0 saturated carbocycles. The van der Waals surface area contributed by atoms with Gasteiger partial charge in [0.05, 0.1) is 5.69 Å². The van der Waals surface area contributed by atoms with Crippen molar-refractivity contribution >= 4 is 21.7 Å². The average molecular weight is 298 g/mol. The summed E-state index contributed by atoms with van der Waals surface area (Å²) in [5, 5.41) is 3.54. The summed E-state index contributed by atoms with van der Waals surface area (Å²) in [6.07, 6.45) is 2.52. The zero-order valence-corrected chi connectivity index (χ0v) is 12.1. The Labute approximate surface area is 112 Å². The molecule has 0 aromatic carbocycles. The lowest BCUT2D eigenvalue weighted by Gasteiger charge is -2.32. The first-order chi connectivity index (χ1) is 8.19. The third kappa shape index (κ3) is 3.42. The molecule has 1 atom stereocenters. The number of anilines is 1. The minimum absolute atomic E-state index is 0.539. The fourth-order valence-electron chi connectivity index (χ4n) is 2.29. The minimum Gasteiger partial charge on any atom is -0.366 e. The SMILES string of the molecule is CCN1CCCC(Nc2ccc(Br)c(C)n2)C1. The van der Waals surface area contributed by atoms with Crippen LogP contribution in [0.4, 0.5) is 5.82 Å². The predicted molar refractivity (Wildman–Crippen MR) is 75.4 cm³/mol. The van der Waals surface area contributed by atoms with Crippen molar-refractivity contribution in [2.45, 2.75) is 32.7 Å². The molecule has 94 valence electrons. The van der Waals surface area contributed by atoms with Crippen molar-refractivity contribution in [3.05, 3.63) is 22.3 Å². The van der Waals surface area contributed by atoms with Gasteiger partial charge in [0, 0.05) is 17.1 Å². The molecule has 4 heteroatoms. The van der Waals surface area contributed by atoms with E-state index in [1.807, 2.05) is 13.0 Å². The van der Waals surface area contributed by atoms with Crippen LogP contribution in [0.25, 0.3) is 0 Å². The summed E-state index contributed by atoms with van der Waals surface area (Å²) in [5.41, 5.74) is 1.04. The number of hydrogen-bond acceptors (Lipinski definition) is 3. The van der Waals surface area contributed by atoms with E-state index in [0.717, 1.165) is 29.1 Å². The maximum Gasteiger partial charge on any atom is 0.126 e. The lowest BCUT2D eigenvalue weighted by Crippen LogP contribution is -2.41. The Morgan fingerprint density at radius 3 is 3.06 bits per heavy atom. The number of pyridine rings is 1. The summed E-state index contributed by atoms with van der Waals surface area (Å²) in [6.45, 7) is 7.76. The normalized spacial score (nSPS) is 21.5. The van der Waals surface area contributed by atoms with E-state index < -0.39 is 0 Å². The topological polar surface area (TPSA) is 28.2 Å². The Kier molecular flexibility index (Phi) is 4.40. The van der Waals surface area contributed by atoms with E-state index in [2.05, 4.69) is 44.1 Å². The van der Waals surface area contributed by atoms with E-state index in [1.165, 1.54) is 19.4 Å². The molecule has 1 aliphatic rings. The molecule has 17 heavy (non-hydrogen) atoms. The van der Waals surface area contributed by atoms with Gasteiger partial charge in [-0.1, -0.05) is 6.92 Å². The monoisotopic (exact) mass is 297 g/mol. The summed E-state index contributed by atoms with van der Waals surface area (Å²) in [5.74, 6) is 0.994. The number of halogens is 1. The van der Waals surface area contributed by atoms with Gasteiger partial charge in [0.15, 0.2) is 0 Å². The smallest absolute Gasteiger partial charge is 0.126 e. The van der Waals surface area contributed by atoms with Crippen LogP contribution in [-0.4, -0.2) is 35.6 Å². The lowest BCUT2D eigenvalue weighted by atomic mass is 10.1. The van der Waals surface area contributed by atoms with Crippen molar-refractivity contribution in [3.63, 3.8) is 0 Å². The second-order valence-electron chi connectivity index (χ2n) is 4.64. The highest BCUT2D eigenvalue weighted by Gasteiger charge is 2.18. The summed E-state index contributed by atoms with van der Waals surface area (Å²) in [6, 6.07) is 4.64. The predicted octanol–water partition coefficient (Wildman–Crippen LogP) is 3.05. The van der Waals surface area contributed by atoms with Crippen LogP contribution in [0.15, 0.2) is 16.6 Å². The fourth-order valence-corrected chi connectivity index (χ4v) is 2.51. The van der Waals surface area contributed by atoms with Crippen molar-refractivity contribution in [2.24, 2.45) is 0 Å². The van der Waals surface area contributed by atoms with Crippen LogP contribution < -0.4 is 5.32 Å². The first-order valence-corrected chi connectivity index (χ1v) is 7.10. The molecule has 1 aromatic rings. The number of aromatic nitrogens is 1. The standard InChI is InChI=1S/C13H20BrN3/c1-3-17-8-4-5-11(9-17)16-13-7-6-12(14)10(2)15-13/h6-7,11H,3-5,8-9H2,1-2H3,(H,15,16). The summed E-state index contributed by atoms with van der Waals surface area (Å²) < 4.78 is 1.07. The molecule has 0 bridgehead atoms. The van der Waals surface area contributed by atoms with Crippen LogP contribution in [0.3, 0.4) is 0 Å². The molecule has 2 rings (SSSR count).